The maximum atomic E-state index is 12.1. The zero-order chi connectivity index (χ0) is 12.8. The van der Waals surface area contributed by atoms with Crippen LogP contribution in [0.25, 0.3) is 0 Å². The van der Waals surface area contributed by atoms with Gasteiger partial charge < -0.3 is 0 Å². The topological polar surface area (TPSA) is 20.3 Å². The molecule has 1 aromatic rings. The second kappa shape index (κ2) is 7.08. The summed E-state index contributed by atoms with van der Waals surface area (Å²) in [5.74, 6) is 2.48. The Balaban J connectivity index is 1.82. The summed E-state index contributed by atoms with van der Waals surface area (Å²) in [5.41, 5.74) is 0.875. The Morgan fingerprint density at radius 1 is 1.17 bits per heavy atom. The van der Waals surface area contributed by atoms with Crippen LogP contribution in [0.15, 0.2) is 24.3 Å². The molecule has 2 rings (SSSR count). The van der Waals surface area contributed by atoms with Crippen molar-refractivity contribution in [1.29, 1.82) is 0 Å². The van der Waals surface area contributed by atoms with Crippen LogP contribution in [0.2, 0.25) is 5.82 Å². The van der Waals surface area contributed by atoms with Crippen LogP contribution in [0, 0.1) is 0 Å². The number of Topliss-reactive ketones (excluding diaryl/α,β-unsaturated/α-hetero) is 1. The van der Waals surface area contributed by atoms with Crippen molar-refractivity contribution in [2.75, 3.05) is 19.6 Å². The Morgan fingerprint density at radius 3 is 2.44 bits per heavy atom. The number of benzene rings is 1. The molecule has 3 heteroatoms. The summed E-state index contributed by atoms with van der Waals surface area (Å²) in [6, 6.07) is 8.15. The van der Waals surface area contributed by atoms with E-state index >= 15 is 0 Å². The summed E-state index contributed by atoms with van der Waals surface area (Å²) in [7, 11) is 0. The quantitative estimate of drug-likeness (QED) is 0.613. The van der Waals surface area contributed by atoms with E-state index in [-0.39, 0.29) is 5.78 Å². The van der Waals surface area contributed by atoms with E-state index in [0.717, 1.165) is 12.1 Å². The predicted octanol–water partition coefficient (Wildman–Crippen LogP) is 2.12. The summed E-state index contributed by atoms with van der Waals surface area (Å²) < 4.78 is 1.36. The predicted molar refractivity (Wildman–Crippen MR) is 76.9 cm³/mol. The molecule has 0 atom stereocenters. The summed E-state index contributed by atoms with van der Waals surface area (Å²) in [6.07, 6.45) is 4.60. The molecular formula is C15H21NOSe. The van der Waals surface area contributed by atoms with Crippen LogP contribution >= 0.6 is 0 Å². The molecule has 1 fully saturated rings. The molecule has 0 unspecified atom stereocenters. The third-order valence-electron chi connectivity index (χ3n) is 3.52. The number of likely N-dealkylation sites (tertiary alicyclic amines) is 1. The number of hydrogen-bond donors (Lipinski definition) is 0. The molecule has 0 aromatic heterocycles. The zero-order valence-electron chi connectivity index (χ0n) is 11.0. The molecule has 0 radical (unpaired) electrons. The Labute approximate surface area is 116 Å². The van der Waals surface area contributed by atoms with Crippen LogP contribution in [0.4, 0.5) is 0 Å². The molecule has 98 valence electrons. The van der Waals surface area contributed by atoms with Gasteiger partial charge in [0, 0.05) is 0 Å². The van der Waals surface area contributed by atoms with Crippen LogP contribution in [0.1, 0.15) is 36.0 Å². The minimum atomic E-state index is 0.288. The van der Waals surface area contributed by atoms with Gasteiger partial charge in [-0.25, -0.2) is 0 Å². The van der Waals surface area contributed by atoms with E-state index in [1.807, 2.05) is 12.1 Å². The number of carbonyl (C=O) groups excluding carboxylic acids is 1. The number of carbonyl (C=O) groups is 1. The van der Waals surface area contributed by atoms with Crippen molar-refractivity contribution in [3.63, 3.8) is 0 Å². The summed E-state index contributed by atoms with van der Waals surface area (Å²) in [6.45, 7) is 3.27. The number of ketones is 1. The van der Waals surface area contributed by atoms with Gasteiger partial charge in [-0.05, 0) is 0 Å². The fourth-order valence-corrected chi connectivity index (χ4v) is 3.22. The molecular weight excluding hydrogens is 289 g/mol. The van der Waals surface area contributed by atoms with E-state index in [1.165, 1.54) is 36.8 Å². The first-order valence-electron chi connectivity index (χ1n) is 6.69. The monoisotopic (exact) mass is 311 g/mol. The summed E-state index contributed by atoms with van der Waals surface area (Å²) >= 11 is 0.523. The average Bonchev–Trinajstić information content (AvgIpc) is 2.46. The van der Waals surface area contributed by atoms with Crippen molar-refractivity contribution in [2.45, 2.75) is 31.5 Å². The van der Waals surface area contributed by atoms with Gasteiger partial charge in [0.25, 0.3) is 0 Å². The molecule has 1 aliphatic heterocycles. The van der Waals surface area contributed by atoms with E-state index in [9.17, 15) is 4.79 Å². The van der Waals surface area contributed by atoms with Gasteiger partial charge in [-0.15, -0.1) is 0 Å². The molecule has 0 N–H and O–H groups in total. The maximum absolute atomic E-state index is 12.1. The standard InChI is InChI=1S/C15H21NOSe/c1-18-14-7-5-13(6-8-14)15(17)9-12-16-10-3-2-4-11-16/h5-8H,2-4,9-12H2,1H3. The van der Waals surface area contributed by atoms with Gasteiger partial charge in [0.05, 0.1) is 0 Å². The van der Waals surface area contributed by atoms with Gasteiger partial charge in [-0.3, -0.25) is 0 Å². The molecule has 0 amide bonds. The van der Waals surface area contributed by atoms with Crippen LogP contribution < -0.4 is 4.46 Å². The van der Waals surface area contributed by atoms with Gasteiger partial charge >= 0.3 is 116 Å². The van der Waals surface area contributed by atoms with E-state index < -0.39 is 0 Å². The fourth-order valence-electron chi connectivity index (χ4n) is 2.36. The molecule has 1 heterocycles. The van der Waals surface area contributed by atoms with E-state index in [4.69, 9.17) is 0 Å². The van der Waals surface area contributed by atoms with E-state index in [2.05, 4.69) is 22.9 Å². The summed E-state index contributed by atoms with van der Waals surface area (Å²) in [4.78, 5) is 14.5. The molecule has 18 heavy (non-hydrogen) atoms. The van der Waals surface area contributed by atoms with Gasteiger partial charge in [0.15, 0.2) is 0 Å². The van der Waals surface area contributed by atoms with Crippen molar-refractivity contribution >= 4 is 25.2 Å². The minimum absolute atomic E-state index is 0.288. The number of hydrogen-bond acceptors (Lipinski definition) is 2. The van der Waals surface area contributed by atoms with Crippen LogP contribution in [-0.2, 0) is 0 Å². The molecule has 2 nitrogen and oxygen atoms in total. The molecule has 0 spiro atoms. The van der Waals surface area contributed by atoms with Crippen molar-refractivity contribution < 1.29 is 4.79 Å². The molecule has 1 aliphatic rings. The Hall–Kier alpha value is -0.631. The fraction of sp³-hybridized carbons (Fsp3) is 0.533. The molecule has 0 saturated carbocycles. The Kier molecular flexibility index (Phi) is 5.43. The number of piperidine rings is 1. The molecule has 1 saturated heterocycles. The van der Waals surface area contributed by atoms with Crippen LogP contribution in [0.3, 0.4) is 0 Å². The first-order chi connectivity index (χ1) is 8.79. The Morgan fingerprint density at radius 2 is 1.83 bits per heavy atom. The average molecular weight is 310 g/mol. The van der Waals surface area contributed by atoms with Crippen LogP contribution in [-0.4, -0.2) is 45.3 Å². The van der Waals surface area contributed by atoms with Crippen molar-refractivity contribution in [3.05, 3.63) is 29.8 Å². The van der Waals surface area contributed by atoms with Gasteiger partial charge in [0.1, 0.15) is 0 Å². The third kappa shape index (κ3) is 3.94. The number of rotatable bonds is 5. The van der Waals surface area contributed by atoms with E-state index in [1.54, 1.807) is 0 Å². The van der Waals surface area contributed by atoms with Gasteiger partial charge in [-0.2, -0.15) is 0 Å². The second-order valence-electron chi connectivity index (χ2n) is 4.80. The zero-order valence-corrected chi connectivity index (χ0v) is 12.7. The second-order valence-corrected chi connectivity index (χ2v) is 6.65. The van der Waals surface area contributed by atoms with Gasteiger partial charge in [-0.1, -0.05) is 0 Å². The Bertz CT molecular complexity index is 382. The summed E-state index contributed by atoms with van der Waals surface area (Å²) in [5, 5.41) is 0. The normalized spacial score (nSPS) is 16.7. The van der Waals surface area contributed by atoms with E-state index in [0.29, 0.717) is 21.4 Å². The van der Waals surface area contributed by atoms with Crippen LogP contribution in [0.5, 0.6) is 0 Å². The molecule has 0 bridgehead atoms. The van der Waals surface area contributed by atoms with Crippen molar-refractivity contribution in [3.8, 4) is 0 Å². The number of nitrogens with zero attached hydrogens (tertiary/aromatic N) is 1. The van der Waals surface area contributed by atoms with Gasteiger partial charge in [0.2, 0.25) is 0 Å². The first-order valence-corrected chi connectivity index (χ1v) is 9.26. The molecule has 1 aromatic carbocycles. The van der Waals surface area contributed by atoms with Crippen molar-refractivity contribution in [2.24, 2.45) is 0 Å². The van der Waals surface area contributed by atoms with Crippen molar-refractivity contribution in [1.82, 2.24) is 4.90 Å². The first kappa shape index (κ1) is 13.8. The third-order valence-corrected chi connectivity index (χ3v) is 5.08. The SMILES string of the molecule is C[Se]c1ccc(C(=O)CCN2CCCCC2)cc1. The molecule has 0 aliphatic carbocycles.